The Kier molecular flexibility index (Phi) is 6.29. The summed E-state index contributed by atoms with van der Waals surface area (Å²) in [7, 11) is 1.91. The molecule has 1 atom stereocenters. The number of aliphatic hydroxyl groups is 1. The van der Waals surface area contributed by atoms with E-state index in [0.29, 0.717) is 6.42 Å². The van der Waals surface area contributed by atoms with E-state index >= 15 is 0 Å². The van der Waals surface area contributed by atoms with Crippen LogP contribution in [-0.2, 0) is 4.74 Å². The Morgan fingerprint density at radius 2 is 2.08 bits per heavy atom. The number of nitrogens with one attached hydrogen (secondary N) is 1. The molecule has 0 aliphatic heterocycles. The predicted molar refractivity (Wildman–Crippen MR) is 54.6 cm³/mol. The van der Waals surface area contributed by atoms with Gasteiger partial charge in [-0.15, -0.1) is 0 Å². The Balaban J connectivity index is 3.55. The van der Waals surface area contributed by atoms with E-state index in [2.05, 4.69) is 12.2 Å². The van der Waals surface area contributed by atoms with Gasteiger partial charge in [-0.1, -0.05) is 6.92 Å². The van der Waals surface area contributed by atoms with E-state index in [1.807, 2.05) is 20.9 Å². The van der Waals surface area contributed by atoms with Gasteiger partial charge in [-0.05, 0) is 46.7 Å². The van der Waals surface area contributed by atoms with Crippen LogP contribution in [0.5, 0.6) is 0 Å². The van der Waals surface area contributed by atoms with Crippen molar-refractivity contribution in [2.75, 3.05) is 13.6 Å². The Hall–Kier alpha value is -0.120. The number of ether oxygens (including phenoxy) is 1. The Labute approximate surface area is 81.5 Å². The molecule has 0 saturated heterocycles. The fourth-order valence-electron chi connectivity index (χ4n) is 0.964. The maximum absolute atomic E-state index is 9.49. The minimum absolute atomic E-state index is 0.209. The first-order chi connectivity index (χ1) is 6.02. The van der Waals surface area contributed by atoms with Crippen LogP contribution >= 0.6 is 0 Å². The van der Waals surface area contributed by atoms with Gasteiger partial charge in [0.1, 0.15) is 0 Å². The summed E-state index contributed by atoms with van der Waals surface area (Å²) < 4.78 is 5.46. The van der Waals surface area contributed by atoms with Crippen LogP contribution < -0.4 is 5.32 Å². The molecule has 0 aromatic carbocycles. The second-order valence-electron chi connectivity index (χ2n) is 3.93. The zero-order valence-corrected chi connectivity index (χ0v) is 9.26. The molecule has 0 rings (SSSR count). The highest BCUT2D eigenvalue weighted by Crippen LogP contribution is 2.16. The zero-order chi connectivity index (χ0) is 10.3. The summed E-state index contributed by atoms with van der Waals surface area (Å²) in [6.07, 6.45) is 1.93. The number of hydrogen-bond acceptors (Lipinski definition) is 3. The predicted octanol–water partition coefficient (Wildman–Crippen LogP) is 1.51. The lowest BCUT2D eigenvalue weighted by Crippen LogP contribution is -2.30. The molecular formula is C10H23NO2. The highest BCUT2D eigenvalue weighted by atomic mass is 16.6. The zero-order valence-electron chi connectivity index (χ0n) is 9.26. The third-order valence-corrected chi connectivity index (χ3v) is 2.18. The fourth-order valence-corrected chi connectivity index (χ4v) is 0.964. The van der Waals surface area contributed by atoms with E-state index in [-0.39, 0.29) is 5.60 Å². The van der Waals surface area contributed by atoms with E-state index in [1.54, 1.807) is 0 Å². The van der Waals surface area contributed by atoms with Gasteiger partial charge in [0.2, 0.25) is 0 Å². The topological polar surface area (TPSA) is 41.5 Å². The third-order valence-electron chi connectivity index (χ3n) is 2.18. The van der Waals surface area contributed by atoms with Crippen LogP contribution in [0.4, 0.5) is 0 Å². The van der Waals surface area contributed by atoms with Crippen LogP contribution in [0.25, 0.3) is 0 Å². The minimum atomic E-state index is -0.622. The molecule has 0 heterocycles. The minimum Gasteiger partial charge on any atom is -0.368 e. The van der Waals surface area contributed by atoms with Crippen molar-refractivity contribution in [1.82, 2.24) is 5.32 Å². The number of hydrogen-bond donors (Lipinski definition) is 2. The fraction of sp³-hybridized carbons (Fsp3) is 1.00. The molecule has 0 saturated carbocycles. The molecular weight excluding hydrogens is 166 g/mol. The smallest absolute Gasteiger partial charge is 0.155 e. The van der Waals surface area contributed by atoms with Crippen LogP contribution in [0.1, 0.15) is 40.0 Å². The number of rotatable bonds is 7. The second kappa shape index (κ2) is 6.35. The molecule has 0 aliphatic rings. The normalized spacial score (nSPS) is 14.5. The molecule has 80 valence electrons. The quantitative estimate of drug-likeness (QED) is 0.471. The molecule has 2 N–H and O–H groups in total. The number of aliphatic hydroxyl groups excluding tert-OH is 1. The van der Waals surface area contributed by atoms with Gasteiger partial charge in [0.25, 0.3) is 0 Å². The lowest BCUT2D eigenvalue weighted by Gasteiger charge is -2.27. The van der Waals surface area contributed by atoms with Gasteiger partial charge in [-0.2, -0.15) is 0 Å². The van der Waals surface area contributed by atoms with E-state index in [1.165, 1.54) is 0 Å². The van der Waals surface area contributed by atoms with Crippen molar-refractivity contribution < 1.29 is 9.84 Å². The summed E-state index contributed by atoms with van der Waals surface area (Å²) in [5.41, 5.74) is -0.209. The van der Waals surface area contributed by atoms with Crippen LogP contribution in [0.3, 0.4) is 0 Å². The van der Waals surface area contributed by atoms with Gasteiger partial charge >= 0.3 is 0 Å². The van der Waals surface area contributed by atoms with Crippen molar-refractivity contribution in [3.63, 3.8) is 0 Å². The second-order valence-corrected chi connectivity index (χ2v) is 3.93. The lowest BCUT2D eigenvalue weighted by atomic mass is 10.1. The summed E-state index contributed by atoms with van der Waals surface area (Å²) in [6, 6.07) is 0. The van der Waals surface area contributed by atoms with Gasteiger partial charge in [-0.3, -0.25) is 0 Å². The molecule has 13 heavy (non-hydrogen) atoms. The Bertz CT molecular complexity index is 126. The summed E-state index contributed by atoms with van der Waals surface area (Å²) in [5.74, 6) is 0. The van der Waals surface area contributed by atoms with Crippen LogP contribution in [0, 0.1) is 0 Å². The van der Waals surface area contributed by atoms with Crippen molar-refractivity contribution in [2.45, 2.75) is 51.9 Å². The van der Waals surface area contributed by atoms with Crippen LogP contribution in [0.2, 0.25) is 0 Å². The first-order valence-corrected chi connectivity index (χ1v) is 5.02. The van der Waals surface area contributed by atoms with Crippen molar-refractivity contribution in [3.8, 4) is 0 Å². The van der Waals surface area contributed by atoms with Crippen molar-refractivity contribution in [3.05, 3.63) is 0 Å². The summed E-state index contributed by atoms with van der Waals surface area (Å²) >= 11 is 0. The monoisotopic (exact) mass is 189 g/mol. The summed E-state index contributed by atoms with van der Waals surface area (Å²) in [6.45, 7) is 6.97. The maximum atomic E-state index is 9.49. The first kappa shape index (κ1) is 12.9. The Morgan fingerprint density at radius 1 is 1.46 bits per heavy atom. The molecule has 0 aromatic heterocycles. The Morgan fingerprint density at radius 3 is 2.54 bits per heavy atom. The summed E-state index contributed by atoms with van der Waals surface area (Å²) in [5, 5.41) is 12.5. The van der Waals surface area contributed by atoms with Gasteiger partial charge < -0.3 is 15.2 Å². The average Bonchev–Trinajstić information content (AvgIpc) is 2.04. The molecule has 0 radical (unpaired) electrons. The highest BCUT2D eigenvalue weighted by Gasteiger charge is 2.19. The van der Waals surface area contributed by atoms with E-state index in [9.17, 15) is 5.11 Å². The molecule has 1 unspecified atom stereocenters. The largest absolute Gasteiger partial charge is 0.368 e. The molecule has 3 nitrogen and oxygen atoms in total. The molecule has 0 aromatic rings. The van der Waals surface area contributed by atoms with Crippen LogP contribution in [-0.4, -0.2) is 30.6 Å². The van der Waals surface area contributed by atoms with Crippen LogP contribution in [0.15, 0.2) is 0 Å². The summed E-state index contributed by atoms with van der Waals surface area (Å²) in [4.78, 5) is 0. The third kappa shape index (κ3) is 6.99. The van der Waals surface area contributed by atoms with E-state index in [0.717, 1.165) is 19.4 Å². The molecule has 3 heteroatoms. The van der Waals surface area contributed by atoms with E-state index < -0.39 is 6.29 Å². The average molecular weight is 189 g/mol. The molecule has 0 aliphatic carbocycles. The van der Waals surface area contributed by atoms with Gasteiger partial charge in [-0.25, -0.2) is 0 Å². The highest BCUT2D eigenvalue weighted by molar-refractivity contribution is 4.66. The van der Waals surface area contributed by atoms with Gasteiger partial charge in [0, 0.05) is 0 Å². The standard InChI is InChI=1S/C10H23NO2/c1-5-10(2,3)13-9(12)7-6-8-11-4/h9,11-12H,5-8H2,1-4H3. The lowest BCUT2D eigenvalue weighted by molar-refractivity contribution is -0.176. The molecule has 0 amide bonds. The van der Waals surface area contributed by atoms with Gasteiger partial charge in [0.05, 0.1) is 5.60 Å². The SMILES string of the molecule is CCC(C)(C)OC(O)CCCNC. The molecule has 0 bridgehead atoms. The van der Waals surface area contributed by atoms with Gasteiger partial charge in [0.15, 0.2) is 6.29 Å². The molecule has 0 spiro atoms. The van der Waals surface area contributed by atoms with Crippen molar-refractivity contribution >= 4 is 0 Å². The maximum Gasteiger partial charge on any atom is 0.155 e. The molecule has 0 fully saturated rings. The van der Waals surface area contributed by atoms with Crippen molar-refractivity contribution in [2.24, 2.45) is 0 Å². The van der Waals surface area contributed by atoms with Crippen molar-refractivity contribution in [1.29, 1.82) is 0 Å². The van der Waals surface area contributed by atoms with E-state index in [4.69, 9.17) is 4.74 Å². The first-order valence-electron chi connectivity index (χ1n) is 5.02.